The van der Waals surface area contributed by atoms with Gasteiger partial charge in [-0.05, 0) is 55.3 Å². The van der Waals surface area contributed by atoms with Crippen molar-refractivity contribution in [2.75, 3.05) is 10.0 Å². The van der Waals surface area contributed by atoms with Crippen molar-refractivity contribution in [1.29, 1.82) is 0 Å². The van der Waals surface area contributed by atoms with Gasteiger partial charge in [0.25, 0.3) is 15.9 Å². The predicted octanol–water partition coefficient (Wildman–Crippen LogP) is 4.00. The molecule has 0 aliphatic rings. The minimum atomic E-state index is -3.88. The number of aromatic nitrogens is 3. The fourth-order valence-electron chi connectivity index (χ4n) is 3.32. The van der Waals surface area contributed by atoms with Gasteiger partial charge in [-0.1, -0.05) is 30.3 Å². The van der Waals surface area contributed by atoms with Crippen LogP contribution in [0, 0.1) is 13.8 Å². The van der Waals surface area contributed by atoms with Gasteiger partial charge in [0, 0.05) is 18.5 Å². The van der Waals surface area contributed by atoms with Gasteiger partial charge in [0.1, 0.15) is 0 Å². The Balaban J connectivity index is 1.53. The highest BCUT2D eigenvalue weighted by Gasteiger charge is 2.21. The number of anilines is 2. The third-order valence-corrected chi connectivity index (χ3v) is 6.49. The van der Waals surface area contributed by atoms with Gasteiger partial charge in [-0.3, -0.25) is 19.2 Å². The minimum Gasteiger partial charge on any atom is -0.305 e. The summed E-state index contributed by atoms with van der Waals surface area (Å²) in [7, 11) is -3.88. The SMILES string of the molecule is Cc1ccc(C)c(S(=O)(=O)Nc2ccccc2C(=O)Nc2ccn(Cc3ccccn3)n2)c1. The molecule has 0 radical (unpaired) electrons. The number of para-hydroxylation sites is 1. The van der Waals surface area contributed by atoms with Gasteiger partial charge in [-0.15, -0.1) is 0 Å². The molecule has 0 aliphatic carbocycles. The number of carbonyl (C=O) groups is 1. The first-order valence-corrected chi connectivity index (χ1v) is 11.7. The summed E-state index contributed by atoms with van der Waals surface area (Å²) in [5.74, 6) is -0.125. The first kappa shape index (κ1) is 22.2. The molecule has 9 heteroatoms. The molecule has 0 spiro atoms. The van der Waals surface area contributed by atoms with Crippen LogP contribution in [0.3, 0.4) is 0 Å². The molecule has 0 aliphatic heterocycles. The molecular weight excluding hydrogens is 438 g/mol. The average molecular weight is 462 g/mol. The number of pyridine rings is 1. The van der Waals surface area contributed by atoms with Crippen LogP contribution in [0.1, 0.15) is 27.2 Å². The van der Waals surface area contributed by atoms with Crippen LogP contribution >= 0.6 is 0 Å². The van der Waals surface area contributed by atoms with E-state index in [0.29, 0.717) is 17.9 Å². The molecule has 168 valence electrons. The van der Waals surface area contributed by atoms with Crippen LogP contribution in [0.15, 0.2) is 84.0 Å². The van der Waals surface area contributed by atoms with Gasteiger partial charge in [0.05, 0.1) is 28.4 Å². The summed E-state index contributed by atoms with van der Waals surface area (Å²) in [4.78, 5) is 17.4. The first-order chi connectivity index (χ1) is 15.8. The lowest BCUT2D eigenvalue weighted by atomic mass is 10.1. The Morgan fingerprint density at radius 3 is 2.58 bits per heavy atom. The minimum absolute atomic E-state index is 0.172. The number of carbonyl (C=O) groups excluding carboxylic acids is 1. The fraction of sp³-hybridized carbons (Fsp3) is 0.125. The van der Waals surface area contributed by atoms with Crippen LogP contribution in [-0.4, -0.2) is 29.1 Å². The largest absolute Gasteiger partial charge is 0.305 e. The van der Waals surface area contributed by atoms with Gasteiger partial charge >= 0.3 is 0 Å². The molecule has 0 bridgehead atoms. The molecule has 0 fully saturated rings. The summed E-state index contributed by atoms with van der Waals surface area (Å²) in [5.41, 5.74) is 2.65. The number of aryl methyl sites for hydroxylation is 2. The maximum absolute atomic E-state index is 13.0. The molecule has 2 aromatic heterocycles. The summed E-state index contributed by atoms with van der Waals surface area (Å²) in [6.45, 7) is 4.02. The van der Waals surface area contributed by atoms with Crippen LogP contribution in [0.25, 0.3) is 0 Å². The van der Waals surface area contributed by atoms with Crippen molar-refractivity contribution in [3.63, 3.8) is 0 Å². The summed E-state index contributed by atoms with van der Waals surface area (Å²) in [5, 5.41) is 7.07. The molecule has 1 amide bonds. The highest BCUT2D eigenvalue weighted by Crippen LogP contribution is 2.23. The van der Waals surface area contributed by atoms with E-state index >= 15 is 0 Å². The van der Waals surface area contributed by atoms with Crippen LogP contribution in [0.2, 0.25) is 0 Å². The van der Waals surface area contributed by atoms with Crippen molar-refractivity contribution in [2.45, 2.75) is 25.3 Å². The number of benzene rings is 2. The summed E-state index contributed by atoms with van der Waals surface area (Å²) in [6.07, 6.45) is 3.44. The Bertz CT molecular complexity index is 1400. The van der Waals surface area contributed by atoms with Gasteiger partial charge in [-0.2, -0.15) is 5.10 Å². The van der Waals surface area contributed by atoms with Gasteiger partial charge < -0.3 is 5.32 Å². The molecule has 0 saturated carbocycles. The zero-order valence-corrected chi connectivity index (χ0v) is 19.0. The van der Waals surface area contributed by atoms with E-state index in [1.807, 2.05) is 31.2 Å². The van der Waals surface area contributed by atoms with Crippen molar-refractivity contribution in [1.82, 2.24) is 14.8 Å². The van der Waals surface area contributed by atoms with Crippen LogP contribution < -0.4 is 10.0 Å². The predicted molar refractivity (Wildman–Crippen MR) is 127 cm³/mol. The summed E-state index contributed by atoms with van der Waals surface area (Å²) in [6, 6.07) is 18.9. The average Bonchev–Trinajstić information content (AvgIpc) is 3.22. The molecule has 0 atom stereocenters. The highest BCUT2D eigenvalue weighted by molar-refractivity contribution is 7.92. The lowest BCUT2D eigenvalue weighted by Gasteiger charge is -2.14. The number of hydrogen-bond acceptors (Lipinski definition) is 5. The molecule has 33 heavy (non-hydrogen) atoms. The molecule has 8 nitrogen and oxygen atoms in total. The highest BCUT2D eigenvalue weighted by atomic mass is 32.2. The van der Waals surface area contributed by atoms with E-state index in [1.165, 1.54) is 0 Å². The summed E-state index contributed by atoms with van der Waals surface area (Å²) >= 11 is 0. The Hall–Kier alpha value is -3.98. The lowest BCUT2D eigenvalue weighted by molar-refractivity contribution is 0.102. The van der Waals surface area contributed by atoms with Crippen LogP contribution in [-0.2, 0) is 16.6 Å². The second-order valence-electron chi connectivity index (χ2n) is 7.59. The maximum Gasteiger partial charge on any atom is 0.262 e. The number of amides is 1. The second-order valence-corrected chi connectivity index (χ2v) is 9.24. The van der Waals surface area contributed by atoms with E-state index in [9.17, 15) is 13.2 Å². The van der Waals surface area contributed by atoms with Gasteiger partial charge in [-0.25, -0.2) is 8.42 Å². The van der Waals surface area contributed by atoms with Crippen molar-refractivity contribution >= 4 is 27.4 Å². The van der Waals surface area contributed by atoms with E-state index in [-0.39, 0.29) is 16.1 Å². The van der Waals surface area contributed by atoms with E-state index in [4.69, 9.17) is 0 Å². The van der Waals surface area contributed by atoms with Gasteiger partial charge in [0.15, 0.2) is 5.82 Å². The number of sulfonamides is 1. The lowest BCUT2D eigenvalue weighted by Crippen LogP contribution is -2.19. The van der Waals surface area contributed by atoms with E-state index in [1.54, 1.807) is 66.5 Å². The second kappa shape index (κ2) is 9.25. The third-order valence-electron chi connectivity index (χ3n) is 4.98. The van der Waals surface area contributed by atoms with Crippen molar-refractivity contribution in [3.8, 4) is 0 Å². The Labute approximate surface area is 192 Å². The molecule has 2 aromatic carbocycles. The molecular formula is C24H23N5O3S. The molecule has 0 unspecified atom stereocenters. The zero-order chi connectivity index (χ0) is 23.4. The summed E-state index contributed by atoms with van der Waals surface area (Å²) < 4.78 is 30.3. The molecule has 4 aromatic rings. The van der Waals surface area contributed by atoms with Crippen LogP contribution in [0.5, 0.6) is 0 Å². The number of nitrogens with zero attached hydrogens (tertiary/aromatic N) is 3. The Morgan fingerprint density at radius 2 is 1.79 bits per heavy atom. The Morgan fingerprint density at radius 1 is 1.00 bits per heavy atom. The number of nitrogens with one attached hydrogen (secondary N) is 2. The van der Waals surface area contributed by atoms with E-state index in [2.05, 4.69) is 20.1 Å². The standard InChI is InChI=1S/C24H23N5O3S/c1-17-10-11-18(2)22(15-17)33(31,32)28-21-9-4-3-8-20(21)24(30)26-23-12-14-29(27-23)16-19-7-5-6-13-25-19/h3-15,28H,16H2,1-2H3,(H,26,27,30). The van der Waals surface area contributed by atoms with E-state index < -0.39 is 15.9 Å². The number of rotatable bonds is 7. The van der Waals surface area contributed by atoms with Crippen molar-refractivity contribution < 1.29 is 13.2 Å². The molecule has 4 rings (SSSR count). The Kier molecular flexibility index (Phi) is 6.23. The smallest absolute Gasteiger partial charge is 0.262 e. The van der Waals surface area contributed by atoms with Crippen molar-refractivity contribution in [2.24, 2.45) is 0 Å². The number of hydrogen-bond donors (Lipinski definition) is 2. The van der Waals surface area contributed by atoms with Gasteiger partial charge in [0.2, 0.25) is 0 Å². The molecule has 2 N–H and O–H groups in total. The molecule has 2 heterocycles. The van der Waals surface area contributed by atoms with E-state index in [0.717, 1.165) is 11.3 Å². The monoisotopic (exact) mass is 461 g/mol. The third kappa shape index (κ3) is 5.27. The fourth-order valence-corrected chi connectivity index (χ4v) is 4.73. The maximum atomic E-state index is 13.0. The zero-order valence-electron chi connectivity index (χ0n) is 18.2. The van der Waals surface area contributed by atoms with Crippen LogP contribution in [0.4, 0.5) is 11.5 Å². The topological polar surface area (TPSA) is 106 Å². The normalized spacial score (nSPS) is 11.2. The first-order valence-electron chi connectivity index (χ1n) is 10.3. The van der Waals surface area contributed by atoms with Crippen molar-refractivity contribution in [3.05, 3.63) is 102 Å². The quantitative estimate of drug-likeness (QED) is 0.433. The molecule has 0 saturated heterocycles.